The first-order valence-electron chi connectivity index (χ1n) is 5.79. The topological polar surface area (TPSA) is 26.3 Å². The van der Waals surface area contributed by atoms with E-state index in [0.29, 0.717) is 0 Å². The fourth-order valence-electron chi connectivity index (χ4n) is 2.04. The van der Waals surface area contributed by atoms with Crippen molar-refractivity contribution in [3.63, 3.8) is 0 Å². The minimum atomic E-state index is -0.267. The molecular formula is C14H18O2. The number of fused-ring (bicyclic) bond motifs is 1. The molecule has 0 saturated heterocycles. The summed E-state index contributed by atoms with van der Waals surface area (Å²) in [7, 11) is 0. The number of hydrogen-bond acceptors (Lipinski definition) is 2. The van der Waals surface area contributed by atoms with E-state index in [9.17, 15) is 4.79 Å². The van der Waals surface area contributed by atoms with Crippen LogP contribution in [0.4, 0.5) is 0 Å². The molecule has 1 unspecified atom stereocenters. The molecule has 2 rings (SSSR count). The molecule has 16 heavy (non-hydrogen) atoms. The second kappa shape index (κ2) is 3.93. The molecule has 0 saturated carbocycles. The van der Waals surface area contributed by atoms with Crippen molar-refractivity contribution in [3.8, 4) is 5.75 Å². The third-order valence-electron chi connectivity index (χ3n) is 3.24. The SMILES string of the molecule is Cc1cc2c(cc1C)OC(C(=O)C(C)C)C2. The monoisotopic (exact) mass is 218 g/mol. The summed E-state index contributed by atoms with van der Waals surface area (Å²) in [6, 6.07) is 4.18. The molecule has 0 amide bonds. The molecule has 1 aromatic carbocycles. The number of benzene rings is 1. The molecule has 1 atom stereocenters. The van der Waals surface area contributed by atoms with Crippen LogP contribution < -0.4 is 4.74 Å². The van der Waals surface area contributed by atoms with E-state index in [4.69, 9.17) is 4.74 Å². The molecular weight excluding hydrogens is 200 g/mol. The Labute approximate surface area is 96.6 Å². The summed E-state index contributed by atoms with van der Waals surface area (Å²) in [6.45, 7) is 8.00. The Kier molecular flexibility index (Phi) is 2.75. The molecule has 1 aliphatic rings. The maximum absolute atomic E-state index is 11.9. The van der Waals surface area contributed by atoms with Crippen molar-refractivity contribution in [1.29, 1.82) is 0 Å². The Hall–Kier alpha value is -1.31. The number of hydrogen-bond donors (Lipinski definition) is 0. The number of aryl methyl sites for hydroxylation is 2. The van der Waals surface area contributed by atoms with Crippen LogP contribution in [0.2, 0.25) is 0 Å². The molecule has 0 bridgehead atoms. The zero-order chi connectivity index (χ0) is 11.9. The molecule has 1 aliphatic heterocycles. The first kappa shape index (κ1) is 11.2. The quantitative estimate of drug-likeness (QED) is 0.763. The van der Waals surface area contributed by atoms with E-state index in [2.05, 4.69) is 19.9 Å². The third kappa shape index (κ3) is 1.84. The van der Waals surface area contributed by atoms with E-state index in [1.165, 1.54) is 16.7 Å². The van der Waals surface area contributed by atoms with Gasteiger partial charge in [-0.3, -0.25) is 4.79 Å². The molecule has 0 fully saturated rings. The molecule has 0 N–H and O–H groups in total. The van der Waals surface area contributed by atoms with Gasteiger partial charge in [0.2, 0.25) is 0 Å². The number of carbonyl (C=O) groups is 1. The molecule has 0 aromatic heterocycles. The van der Waals surface area contributed by atoms with Gasteiger partial charge in [-0.25, -0.2) is 0 Å². The minimum Gasteiger partial charge on any atom is -0.482 e. The summed E-state index contributed by atoms with van der Waals surface area (Å²) in [5.41, 5.74) is 3.65. The van der Waals surface area contributed by atoms with Crippen LogP contribution in [-0.4, -0.2) is 11.9 Å². The Bertz CT molecular complexity index is 402. The van der Waals surface area contributed by atoms with Gasteiger partial charge in [0.05, 0.1) is 0 Å². The zero-order valence-electron chi connectivity index (χ0n) is 10.3. The van der Waals surface area contributed by atoms with Gasteiger partial charge >= 0.3 is 0 Å². The van der Waals surface area contributed by atoms with Gasteiger partial charge in [-0.15, -0.1) is 0 Å². The highest BCUT2D eigenvalue weighted by Gasteiger charge is 2.30. The minimum absolute atomic E-state index is 0.0431. The number of ketones is 1. The second-order valence-electron chi connectivity index (χ2n) is 4.91. The van der Waals surface area contributed by atoms with Crippen molar-refractivity contribution in [3.05, 3.63) is 28.8 Å². The van der Waals surface area contributed by atoms with Gasteiger partial charge < -0.3 is 4.74 Å². The van der Waals surface area contributed by atoms with E-state index >= 15 is 0 Å². The lowest BCUT2D eigenvalue weighted by atomic mass is 9.98. The highest BCUT2D eigenvalue weighted by Crippen LogP contribution is 2.32. The van der Waals surface area contributed by atoms with Crippen molar-refractivity contribution < 1.29 is 9.53 Å². The summed E-state index contributed by atoms with van der Waals surface area (Å²) in [6.07, 6.45) is 0.462. The lowest BCUT2D eigenvalue weighted by Crippen LogP contribution is -2.29. The molecule has 86 valence electrons. The standard InChI is InChI=1S/C14H18O2/c1-8(2)14(15)13-7-11-5-9(3)10(4)6-12(11)16-13/h5-6,8,13H,7H2,1-4H3. The summed E-state index contributed by atoms with van der Waals surface area (Å²) < 4.78 is 5.72. The number of ether oxygens (including phenoxy) is 1. The predicted molar refractivity (Wildman–Crippen MR) is 63.9 cm³/mol. The Morgan fingerprint density at radius 2 is 1.94 bits per heavy atom. The van der Waals surface area contributed by atoms with E-state index in [-0.39, 0.29) is 17.8 Å². The van der Waals surface area contributed by atoms with E-state index in [0.717, 1.165) is 12.2 Å². The highest BCUT2D eigenvalue weighted by molar-refractivity contribution is 5.86. The van der Waals surface area contributed by atoms with Gasteiger partial charge in [-0.05, 0) is 36.6 Å². The van der Waals surface area contributed by atoms with E-state index < -0.39 is 0 Å². The van der Waals surface area contributed by atoms with Crippen LogP contribution in [0.5, 0.6) is 5.75 Å². The normalized spacial score (nSPS) is 18.4. The van der Waals surface area contributed by atoms with Crippen LogP contribution in [0.3, 0.4) is 0 Å². The smallest absolute Gasteiger partial charge is 0.176 e. The maximum Gasteiger partial charge on any atom is 0.176 e. The van der Waals surface area contributed by atoms with Crippen molar-refractivity contribution in [2.45, 2.75) is 40.2 Å². The van der Waals surface area contributed by atoms with Gasteiger partial charge in [-0.2, -0.15) is 0 Å². The number of Topliss-reactive ketones (excluding diaryl/α,β-unsaturated/α-hetero) is 1. The van der Waals surface area contributed by atoms with Gasteiger partial charge in [0.25, 0.3) is 0 Å². The molecule has 0 aliphatic carbocycles. The van der Waals surface area contributed by atoms with Crippen molar-refractivity contribution in [1.82, 2.24) is 0 Å². The van der Waals surface area contributed by atoms with Crippen LogP contribution in [0.15, 0.2) is 12.1 Å². The molecule has 1 heterocycles. The molecule has 0 spiro atoms. The van der Waals surface area contributed by atoms with Crippen molar-refractivity contribution in [2.75, 3.05) is 0 Å². The summed E-state index contributed by atoms with van der Waals surface area (Å²) >= 11 is 0. The molecule has 2 heteroatoms. The zero-order valence-corrected chi connectivity index (χ0v) is 10.3. The summed E-state index contributed by atoms with van der Waals surface area (Å²) in [4.78, 5) is 11.9. The maximum atomic E-state index is 11.9. The van der Waals surface area contributed by atoms with E-state index in [1.54, 1.807) is 0 Å². The summed E-state index contributed by atoms with van der Waals surface area (Å²) in [5, 5.41) is 0. The average Bonchev–Trinajstić information content (AvgIpc) is 2.60. The molecule has 0 radical (unpaired) electrons. The first-order chi connectivity index (χ1) is 7.49. The fourth-order valence-corrected chi connectivity index (χ4v) is 2.04. The lowest BCUT2D eigenvalue weighted by Gasteiger charge is -2.11. The average molecular weight is 218 g/mol. The van der Waals surface area contributed by atoms with Gasteiger partial charge in [0.1, 0.15) is 5.75 Å². The van der Waals surface area contributed by atoms with Crippen LogP contribution >= 0.6 is 0 Å². The largest absolute Gasteiger partial charge is 0.482 e. The first-order valence-corrected chi connectivity index (χ1v) is 5.79. The number of carbonyl (C=O) groups excluding carboxylic acids is 1. The van der Waals surface area contributed by atoms with Crippen molar-refractivity contribution >= 4 is 5.78 Å². The van der Waals surface area contributed by atoms with Gasteiger partial charge in [-0.1, -0.05) is 19.9 Å². The van der Waals surface area contributed by atoms with E-state index in [1.807, 2.05) is 19.9 Å². The molecule has 2 nitrogen and oxygen atoms in total. The van der Waals surface area contributed by atoms with Gasteiger partial charge in [0.15, 0.2) is 11.9 Å². The van der Waals surface area contributed by atoms with Crippen molar-refractivity contribution in [2.24, 2.45) is 5.92 Å². The van der Waals surface area contributed by atoms with Crippen LogP contribution in [0.1, 0.15) is 30.5 Å². The predicted octanol–water partition coefficient (Wildman–Crippen LogP) is 2.83. The van der Waals surface area contributed by atoms with Crippen LogP contribution in [0.25, 0.3) is 0 Å². The number of rotatable bonds is 2. The Morgan fingerprint density at radius 3 is 2.56 bits per heavy atom. The lowest BCUT2D eigenvalue weighted by molar-refractivity contribution is -0.128. The van der Waals surface area contributed by atoms with Crippen LogP contribution in [-0.2, 0) is 11.2 Å². The molecule has 1 aromatic rings. The van der Waals surface area contributed by atoms with Gasteiger partial charge in [0, 0.05) is 12.3 Å². The third-order valence-corrected chi connectivity index (χ3v) is 3.24. The Morgan fingerprint density at radius 1 is 1.31 bits per heavy atom. The second-order valence-corrected chi connectivity index (χ2v) is 4.91. The fraction of sp³-hybridized carbons (Fsp3) is 0.500. The van der Waals surface area contributed by atoms with Crippen LogP contribution in [0, 0.1) is 19.8 Å². The summed E-state index contributed by atoms with van der Waals surface area (Å²) in [5.74, 6) is 1.13. The highest BCUT2D eigenvalue weighted by atomic mass is 16.5. The Balaban J connectivity index is 2.24.